The summed E-state index contributed by atoms with van der Waals surface area (Å²) in [5, 5.41) is -0.0626. The number of benzene rings is 1. The minimum absolute atomic E-state index is 0.0626. The van der Waals surface area contributed by atoms with Crippen molar-refractivity contribution in [2.24, 2.45) is 0 Å². The van der Waals surface area contributed by atoms with Crippen molar-refractivity contribution in [1.82, 2.24) is 4.90 Å². The van der Waals surface area contributed by atoms with Gasteiger partial charge in [0.15, 0.2) is 0 Å². The molecule has 0 aromatic heterocycles. The quantitative estimate of drug-likeness (QED) is 0.654. The van der Waals surface area contributed by atoms with E-state index in [1.54, 1.807) is 11.8 Å². The zero-order valence-electron chi connectivity index (χ0n) is 13.4. The first kappa shape index (κ1) is 18.9. The minimum atomic E-state index is -4.64. The predicted molar refractivity (Wildman–Crippen MR) is 90.4 cm³/mol. The number of thioether (sulfide) groups is 2. The van der Waals surface area contributed by atoms with E-state index in [9.17, 15) is 17.6 Å². The second kappa shape index (κ2) is 7.23. The highest BCUT2D eigenvalue weighted by atomic mass is 32.2. The molecular formula is C16H21F4NS2. The van der Waals surface area contributed by atoms with Crippen LogP contribution in [-0.4, -0.2) is 34.2 Å². The summed E-state index contributed by atoms with van der Waals surface area (Å²) in [6.07, 6.45) is -4.64. The van der Waals surface area contributed by atoms with Gasteiger partial charge in [-0.1, -0.05) is 26.8 Å². The molecule has 1 heterocycles. The van der Waals surface area contributed by atoms with Crippen molar-refractivity contribution in [1.29, 1.82) is 0 Å². The Bertz CT molecular complexity index is 540. The summed E-state index contributed by atoms with van der Waals surface area (Å²) in [6, 6.07) is 3.29. The van der Waals surface area contributed by atoms with Crippen LogP contribution in [0.2, 0.25) is 0 Å². The van der Waals surface area contributed by atoms with Crippen molar-refractivity contribution in [3.63, 3.8) is 0 Å². The highest BCUT2D eigenvalue weighted by Crippen LogP contribution is 2.40. The Labute approximate surface area is 143 Å². The van der Waals surface area contributed by atoms with Crippen LogP contribution in [0.1, 0.15) is 37.3 Å². The summed E-state index contributed by atoms with van der Waals surface area (Å²) < 4.78 is 51.9. The Morgan fingerprint density at radius 3 is 2.52 bits per heavy atom. The number of halogens is 4. The van der Waals surface area contributed by atoms with Crippen molar-refractivity contribution in [2.45, 2.75) is 37.1 Å². The van der Waals surface area contributed by atoms with Gasteiger partial charge in [0.25, 0.3) is 0 Å². The van der Waals surface area contributed by atoms with Crippen LogP contribution in [0.4, 0.5) is 17.6 Å². The molecule has 0 spiro atoms. The van der Waals surface area contributed by atoms with E-state index in [-0.39, 0.29) is 10.1 Å². The second-order valence-corrected chi connectivity index (χ2v) is 9.57. The fraction of sp³-hybridized carbons (Fsp3) is 0.625. The highest BCUT2D eigenvalue weighted by Gasteiger charge is 2.35. The highest BCUT2D eigenvalue weighted by molar-refractivity contribution is 8.00. The summed E-state index contributed by atoms with van der Waals surface area (Å²) in [6.45, 7) is 8.18. The van der Waals surface area contributed by atoms with E-state index in [4.69, 9.17) is 0 Å². The van der Waals surface area contributed by atoms with Crippen LogP contribution in [0.3, 0.4) is 0 Å². The molecule has 1 saturated heterocycles. The van der Waals surface area contributed by atoms with Gasteiger partial charge in [-0.2, -0.15) is 24.9 Å². The smallest absolute Gasteiger partial charge is 0.286 e. The molecule has 0 amide bonds. The third-order valence-electron chi connectivity index (χ3n) is 3.48. The standard InChI is InChI=1S/C16H21F4NS2/c1-15(2,3)23-9-7-21-6-8-22-14(21)11-4-5-12(13(17)10-11)16(18,19)20/h4-5,10,14H,6-9H2,1-3H3. The molecule has 1 aromatic carbocycles. The van der Waals surface area contributed by atoms with Crippen LogP contribution in [0.5, 0.6) is 0 Å². The molecule has 1 unspecified atom stereocenters. The van der Waals surface area contributed by atoms with Gasteiger partial charge in [0.05, 0.1) is 10.9 Å². The maximum Gasteiger partial charge on any atom is 0.419 e. The molecule has 1 fully saturated rings. The van der Waals surface area contributed by atoms with Gasteiger partial charge in [0.1, 0.15) is 5.82 Å². The molecule has 7 heteroatoms. The Balaban J connectivity index is 2.06. The molecule has 0 aliphatic carbocycles. The lowest BCUT2D eigenvalue weighted by Crippen LogP contribution is -2.27. The van der Waals surface area contributed by atoms with E-state index in [1.165, 1.54) is 6.07 Å². The summed E-state index contributed by atoms with van der Waals surface area (Å²) in [5.74, 6) is 0.670. The number of rotatable bonds is 4. The van der Waals surface area contributed by atoms with E-state index in [2.05, 4.69) is 25.7 Å². The molecule has 130 valence electrons. The SMILES string of the molecule is CC(C)(C)SCCN1CCSC1c1ccc(C(F)(F)F)c(F)c1. The first-order valence-corrected chi connectivity index (χ1v) is 9.47. The largest absolute Gasteiger partial charge is 0.419 e. The molecule has 1 aliphatic rings. The number of alkyl halides is 3. The van der Waals surface area contributed by atoms with Gasteiger partial charge in [0.2, 0.25) is 0 Å². The number of nitrogens with zero attached hydrogens (tertiary/aromatic N) is 1. The van der Waals surface area contributed by atoms with Crippen LogP contribution in [0.25, 0.3) is 0 Å². The molecular weight excluding hydrogens is 346 g/mol. The first-order chi connectivity index (χ1) is 10.6. The van der Waals surface area contributed by atoms with E-state index < -0.39 is 17.6 Å². The summed E-state index contributed by atoms with van der Waals surface area (Å²) >= 11 is 3.51. The Morgan fingerprint density at radius 2 is 1.96 bits per heavy atom. The normalized spacial score (nSPS) is 20.2. The molecule has 0 bridgehead atoms. The topological polar surface area (TPSA) is 3.24 Å². The molecule has 1 aromatic rings. The lowest BCUT2D eigenvalue weighted by atomic mass is 10.1. The summed E-state index contributed by atoms with van der Waals surface area (Å²) in [7, 11) is 0. The van der Waals surface area contributed by atoms with Gasteiger partial charge in [0, 0.05) is 29.3 Å². The Kier molecular flexibility index (Phi) is 5.95. The van der Waals surface area contributed by atoms with Gasteiger partial charge >= 0.3 is 6.18 Å². The molecule has 2 rings (SSSR count). The van der Waals surface area contributed by atoms with Crippen molar-refractivity contribution in [2.75, 3.05) is 24.6 Å². The third kappa shape index (κ3) is 5.29. The second-order valence-electron chi connectivity index (χ2n) is 6.46. The van der Waals surface area contributed by atoms with Gasteiger partial charge in [-0.15, -0.1) is 11.8 Å². The molecule has 0 radical (unpaired) electrons. The van der Waals surface area contributed by atoms with E-state index >= 15 is 0 Å². The zero-order valence-corrected chi connectivity index (χ0v) is 15.0. The fourth-order valence-electron chi connectivity index (χ4n) is 2.42. The fourth-order valence-corrected chi connectivity index (χ4v) is 4.69. The molecule has 0 N–H and O–H groups in total. The van der Waals surface area contributed by atoms with Gasteiger partial charge in [-0.25, -0.2) is 4.39 Å². The number of hydrogen-bond acceptors (Lipinski definition) is 3. The van der Waals surface area contributed by atoms with Crippen LogP contribution in [-0.2, 0) is 6.18 Å². The van der Waals surface area contributed by atoms with Gasteiger partial charge in [-0.05, 0) is 17.7 Å². The van der Waals surface area contributed by atoms with Crippen molar-refractivity contribution in [3.8, 4) is 0 Å². The number of hydrogen-bond donors (Lipinski definition) is 0. The third-order valence-corrected chi connectivity index (χ3v) is 6.04. The monoisotopic (exact) mass is 367 g/mol. The van der Waals surface area contributed by atoms with Crippen LogP contribution in [0, 0.1) is 5.82 Å². The van der Waals surface area contributed by atoms with Crippen LogP contribution < -0.4 is 0 Å². The maximum atomic E-state index is 13.8. The Hall–Kier alpha value is -0.400. The van der Waals surface area contributed by atoms with E-state index in [0.717, 1.165) is 36.7 Å². The predicted octanol–water partition coefficient (Wildman–Crippen LogP) is 5.42. The molecule has 1 atom stereocenters. The molecule has 23 heavy (non-hydrogen) atoms. The summed E-state index contributed by atoms with van der Waals surface area (Å²) in [5.41, 5.74) is -0.585. The van der Waals surface area contributed by atoms with Gasteiger partial charge in [-0.3, -0.25) is 4.90 Å². The van der Waals surface area contributed by atoms with Crippen LogP contribution in [0.15, 0.2) is 18.2 Å². The zero-order chi connectivity index (χ0) is 17.3. The van der Waals surface area contributed by atoms with Crippen molar-refractivity contribution < 1.29 is 17.6 Å². The molecule has 1 nitrogen and oxygen atoms in total. The lowest BCUT2D eigenvalue weighted by molar-refractivity contribution is -0.140. The van der Waals surface area contributed by atoms with Crippen molar-refractivity contribution >= 4 is 23.5 Å². The average Bonchev–Trinajstić information content (AvgIpc) is 2.84. The lowest BCUT2D eigenvalue weighted by Gasteiger charge is -2.26. The van der Waals surface area contributed by atoms with Gasteiger partial charge < -0.3 is 0 Å². The molecule has 0 saturated carbocycles. The minimum Gasteiger partial charge on any atom is -0.286 e. The molecule has 1 aliphatic heterocycles. The van der Waals surface area contributed by atoms with Crippen molar-refractivity contribution in [3.05, 3.63) is 35.1 Å². The Morgan fingerprint density at radius 1 is 1.26 bits per heavy atom. The maximum absolute atomic E-state index is 13.8. The van der Waals surface area contributed by atoms with Crippen LogP contribution >= 0.6 is 23.5 Å². The first-order valence-electron chi connectivity index (χ1n) is 7.44. The average molecular weight is 367 g/mol. The van der Waals surface area contributed by atoms with E-state index in [0.29, 0.717) is 5.56 Å². The summed E-state index contributed by atoms with van der Waals surface area (Å²) in [4.78, 5) is 2.21. The van der Waals surface area contributed by atoms with E-state index in [1.807, 2.05) is 11.8 Å².